The summed E-state index contributed by atoms with van der Waals surface area (Å²) in [6.45, 7) is 0.331. The van der Waals surface area contributed by atoms with Gasteiger partial charge in [0.05, 0.1) is 13.0 Å². The average Bonchev–Trinajstić information content (AvgIpc) is 3.05. The maximum Gasteiger partial charge on any atom is 0.225 e. The second kappa shape index (κ2) is 7.10. The van der Waals surface area contributed by atoms with E-state index >= 15 is 0 Å². The van der Waals surface area contributed by atoms with Gasteiger partial charge in [0.15, 0.2) is 0 Å². The zero-order valence-corrected chi connectivity index (χ0v) is 11.8. The molecular weight excluding hydrogens is 278 g/mol. The minimum atomic E-state index is -0.153. The van der Waals surface area contributed by atoms with Crippen LogP contribution in [0.25, 0.3) is 0 Å². The topological polar surface area (TPSA) is 49.3 Å². The molecule has 2 aromatic rings. The standard InChI is InChI=1S/C14H13NO2S2/c16-6-1-3-11-5-8-19-13(11)10-15-14(17)9-12-4-2-7-18-12/h2,4-5,7-8,16H,6,9-10H2,(H,15,17). The molecule has 2 aromatic heterocycles. The van der Waals surface area contributed by atoms with Crippen LogP contribution in [0.5, 0.6) is 0 Å². The SMILES string of the molecule is O=C(Cc1cccs1)NCc1sccc1C#CCO. The fourth-order valence-electron chi connectivity index (χ4n) is 1.54. The number of hydrogen-bond donors (Lipinski definition) is 2. The first-order chi connectivity index (χ1) is 9.29. The van der Waals surface area contributed by atoms with Crippen LogP contribution in [0.3, 0.4) is 0 Å². The summed E-state index contributed by atoms with van der Waals surface area (Å²) < 4.78 is 0. The van der Waals surface area contributed by atoms with Gasteiger partial charge in [-0.05, 0) is 22.9 Å². The first kappa shape index (κ1) is 13.8. The van der Waals surface area contributed by atoms with Gasteiger partial charge >= 0.3 is 0 Å². The van der Waals surface area contributed by atoms with Crippen molar-refractivity contribution in [3.8, 4) is 11.8 Å². The fraction of sp³-hybridized carbons (Fsp3) is 0.214. The molecule has 0 aliphatic rings. The van der Waals surface area contributed by atoms with Gasteiger partial charge in [0.25, 0.3) is 0 Å². The van der Waals surface area contributed by atoms with Crippen LogP contribution in [0.15, 0.2) is 29.0 Å². The molecule has 19 heavy (non-hydrogen) atoms. The maximum atomic E-state index is 11.8. The molecule has 0 radical (unpaired) electrons. The van der Waals surface area contributed by atoms with Gasteiger partial charge in [-0.25, -0.2) is 0 Å². The minimum Gasteiger partial charge on any atom is -0.384 e. The molecule has 2 heterocycles. The zero-order chi connectivity index (χ0) is 13.5. The summed E-state index contributed by atoms with van der Waals surface area (Å²) in [6.07, 6.45) is 0.417. The minimum absolute atomic E-state index is 0.0110. The normalized spacial score (nSPS) is 9.74. The summed E-state index contributed by atoms with van der Waals surface area (Å²) in [5.74, 6) is 5.50. The largest absolute Gasteiger partial charge is 0.384 e. The van der Waals surface area contributed by atoms with Gasteiger partial charge in [0, 0.05) is 15.3 Å². The van der Waals surface area contributed by atoms with E-state index in [9.17, 15) is 4.79 Å². The molecule has 98 valence electrons. The lowest BCUT2D eigenvalue weighted by molar-refractivity contribution is -0.120. The molecule has 0 atom stereocenters. The third-order valence-corrected chi connectivity index (χ3v) is 4.21. The van der Waals surface area contributed by atoms with Crippen molar-refractivity contribution >= 4 is 28.6 Å². The van der Waals surface area contributed by atoms with Gasteiger partial charge in [0.2, 0.25) is 5.91 Å². The summed E-state index contributed by atoms with van der Waals surface area (Å²) in [5, 5.41) is 15.5. The summed E-state index contributed by atoms with van der Waals surface area (Å²) in [7, 11) is 0. The number of rotatable bonds is 4. The molecule has 0 unspecified atom stereocenters. The van der Waals surface area contributed by atoms with Crippen LogP contribution in [-0.2, 0) is 17.8 Å². The van der Waals surface area contributed by atoms with Crippen LogP contribution in [0.2, 0.25) is 0 Å². The lowest BCUT2D eigenvalue weighted by atomic mass is 10.2. The fourth-order valence-corrected chi connectivity index (χ4v) is 3.01. The van der Waals surface area contributed by atoms with Gasteiger partial charge in [-0.1, -0.05) is 17.9 Å². The van der Waals surface area contributed by atoms with E-state index in [2.05, 4.69) is 17.2 Å². The molecule has 0 saturated carbocycles. The van der Waals surface area contributed by atoms with E-state index in [1.807, 2.05) is 29.0 Å². The van der Waals surface area contributed by atoms with Crippen molar-refractivity contribution in [3.63, 3.8) is 0 Å². The number of nitrogens with one attached hydrogen (secondary N) is 1. The van der Waals surface area contributed by atoms with Crippen molar-refractivity contribution in [2.45, 2.75) is 13.0 Å². The zero-order valence-electron chi connectivity index (χ0n) is 10.2. The Labute approximate surface area is 119 Å². The molecule has 0 saturated heterocycles. The van der Waals surface area contributed by atoms with E-state index in [0.717, 1.165) is 15.3 Å². The van der Waals surface area contributed by atoms with Gasteiger partial charge < -0.3 is 10.4 Å². The third-order valence-electron chi connectivity index (χ3n) is 2.41. The van der Waals surface area contributed by atoms with Crippen LogP contribution in [0, 0.1) is 11.8 Å². The predicted molar refractivity (Wildman–Crippen MR) is 78.2 cm³/mol. The van der Waals surface area contributed by atoms with Crippen LogP contribution in [0.4, 0.5) is 0 Å². The highest BCUT2D eigenvalue weighted by molar-refractivity contribution is 7.10. The Balaban J connectivity index is 1.88. The van der Waals surface area contributed by atoms with E-state index in [1.54, 1.807) is 22.7 Å². The number of hydrogen-bond acceptors (Lipinski definition) is 4. The molecule has 2 N–H and O–H groups in total. The Morgan fingerprint density at radius 2 is 2.21 bits per heavy atom. The van der Waals surface area contributed by atoms with Crippen LogP contribution < -0.4 is 5.32 Å². The average molecular weight is 291 g/mol. The number of aliphatic hydroxyl groups is 1. The number of carbonyl (C=O) groups is 1. The highest BCUT2D eigenvalue weighted by atomic mass is 32.1. The van der Waals surface area contributed by atoms with Gasteiger partial charge in [-0.2, -0.15) is 0 Å². The second-order valence-electron chi connectivity index (χ2n) is 3.75. The molecule has 0 aromatic carbocycles. The molecule has 3 nitrogen and oxygen atoms in total. The quantitative estimate of drug-likeness (QED) is 0.847. The third kappa shape index (κ3) is 4.21. The molecule has 0 bridgehead atoms. The first-order valence-electron chi connectivity index (χ1n) is 5.75. The van der Waals surface area contributed by atoms with Crippen molar-refractivity contribution in [1.82, 2.24) is 5.32 Å². The smallest absolute Gasteiger partial charge is 0.225 e. The van der Waals surface area contributed by atoms with Crippen molar-refractivity contribution in [2.75, 3.05) is 6.61 Å². The Hall–Kier alpha value is -1.61. The molecule has 1 amide bonds. The highest BCUT2D eigenvalue weighted by Crippen LogP contribution is 2.15. The highest BCUT2D eigenvalue weighted by Gasteiger charge is 2.06. The molecular formula is C14H13NO2S2. The molecule has 0 aliphatic carbocycles. The monoisotopic (exact) mass is 291 g/mol. The number of thiophene rings is 2. The lowest BCUT2D eigenvalue weighted by Crippen LogP contribution is -2.24. The lowest BCUT2D eigenvalue weighted by Gasteiger charge is -2.03. The van der Waals surface area contributed by atoms with Crippen molar-refractivity contribution in [2.24, 2.45) is 0 Å². The molecule has 5 heteroatoms. The van der Waals surface area contributed by atoms with E-state index in [0.29, 0.717) is 13.0 Å². The number of amides is 1. The predicted octanol–water partition coefficient (Wildman–Crippen LogP) is 2.01. The number of aliphatic hydroxyl groups excluding tert-OH is 1. The van der Waals surface area contributed by atoms with Crippen LogP contribution >= 0.6 is 22.7 Å². The van der Waals surface area contributed by atoms with Gasteiger partial charge in [0.1, 0.15) is 6.61 Å². The van der Waals surface area contributed by atoms with Crippen LogP contribution in [0.1, 0.15) is 15.3 Å². The molecule has 2 rings (SSSR count). The van der Waals surface area contributed by atoms with E-state index in [-0.39, 0.29) is 12.5 Å². The summed E-state index contributed by atoms with van der Waals surface area (Å²) in [6, 6.07) is 5.79. The van der Waals surface area contributed by atoms with Crippen molar-refractivity contribution in [1.29, 1.82) is 0 Å². The van der Waals surface area contributed by atoms with Crippen molar-refractivity contribution < 1.29 is 9.90 Å². The Kier molecular flexibility index (Phi) is 5.16. The van der Waals surface area contributed by atoms with E-state index < -0.39 is 0 Å². The van der Waals surface area contributed by atoms with Gasteiger partial charge in [-0.3, -0.25) is 4.79 Å². The Morgan fingerprint density at radius 3 is 2.95 bits per heavy atom. The molecule has 0 spiro atoms. The maximum absolute atomic E-state index is 11.8. The molecule has 0 aliphatic heterocycles. The Morgan fingerprint density at radius 1 is 1.32 bits per heavy atom. The van der Waals surface area contributed by atoms with Crippen molar-refractivity contribution in [3.05, 3.63) is 44.3 Å². The first-order valence-corrected chi connectivity index (χ1v) is 7.50. The van der Waals surface area contributed by atoms with Crippen LogP contribution in [-0.4, -0.2) is 17.6 Å². The number of carbonyl (C=O) groups excluding carboxylic acids is 1. The Bertz CT molecular complexity index is 590. The van der Waals surface area contributed by atoms with E-state index in [4.69, 9.17) is 5.11 Å². The summed E-state index contributed by atoms with van der Waals surface area (Å²) >= 11 is 3.13. The van der Waals surface area contributed by atoms with Gasteiger partial charge in [-0.15, -0.1) is 22.7 Å². The second-order valence-corrected chi connectivity index (χ2v) is 5.78. The summed E-state index contributed by atoms with van der Waals surface area (Å²) in [5.41, 5.74) is 0.871. The van der Waals surface area contributed by atoms with E-state index in [1.165, 1.54) is 0 Å². The summed E-state index contributed by atoms with van der Waals surface area (Å²) in [4.78, 5) is 13.8. The molecule has 0 fully saturated rings.